The van der Waals surface area contributed by atoms with Gasteiger partial charge in [0.25, 0.3) is 0 Å². The molecule has 1 aromatic rings. The van der Waals surface area contributed by atoms with Crippen LogP contribution in [0.5, 0.6) is 0 Å². The van der Waals surface area contributed by atoms with Gasteiger partial charge >= 0.3 is 18.1 Å². The molecule has 0 bridgehead atoms. The minimum Gasteiger partial charge on any atom is -0.480 e. The standard InChI is InChI=1S/C39H63N5O8.C2HF3O2/c1-10-25(4)33(43(7)32(24(2)3)36(47)42-38(50)39(6)19-15-20-40-39)30(51-8)23-31(45)44-21-14-18-29(44)34(52-9)26(5)35(46)41-28(37(48)49)22-27-16-12-11-13-17-27;3-2(4,5)1(6)7/h11-13,16-17,24-26,28-30,32-34,40H,10,14-15,18-23H2,1-9H3,(H,41,46)(H,48,49)(H,42,47,50);(H,6,7)/t25-,26+,28-,29-,30+,32-,33-,34+,39-;/m0./s1. The van der Waals surface area contributed by atoms with Gasteiger partial charge in [0.2, 0.25) is 23.6 Å². The van der Waals surface area contributed by atoms with Crippen LogP contribution in [0.2, 0.25) is 0 Å². The zero-order chi connectivity index (χ0) is 44.8. The van der Waals surface area contributed by atoms with E-state index in [0.717, 1.165) is 31.4 Å². The number of aliphatic carboxylic acids is 2. The van der Waals surface area contributed by atoms with Crippen LogP contribution in [-0.2, 0) is 44.7 Å². The minimum atomic E-state index is -5.08. The summed E-state index contributed by atoms with van der Waals surface area (Å²) in [7, 11) is 4.94. The highest BCUT2D eigenvalue weighted by atomic mass is 19.4. The molecule has 0 unspecified atom stereocenters. The first kappa shape index (κ1) is 51.0. The number of ether oxygens (including phenoxy) is 2. The molecule has 2 aliphatic rings. The molecule has 18 heteroatoms. The third-order valence-electron chi connectivity index (χ3n) is 11.5. The summed E-state index contributed by atoms with van der Waals surface area (Å²) in [4.78, 5) is 79.3. The van der Waals surface area contributed by atoms with Crippen molar-refractivity contribution >= 4 is 35.6 Å². The topological polar surface area (TPSA) is 204 Å². The third kappa shape index (κ3) is 14.2. The van der Waals surface area contributed by atoms with E-state index >= 15 is 0 Å². The number of methoxy groups -OCH3 is 2. The van der Waals surface area contributed by atoms with E-state index in [2.05, 4.69) is 29.8 Å². The predicted molar refractivity (Wildman–Crippen MR) is 212 cm³/mol. The first-order chi connectivity index (χ1) is 27.5. The van der Waals surface area contributed by atoms with Crippen LogP contribution in [0.1, 0.15) is 85.6 Å². The molecule has 1 aromatic carbocycles. The van der Waals surface area contributed by atoms with Gasteiger partial charge in [0.15, 0.2) is 0 Å². The second kappa shape index (κ2) is 23.0. The lowest BCUT2D eigenvalue weighted by Gasteiger charge is -2.43. The number of hydrogen-bond donors (Lipinski definition) is 5. The van der Waals surface area contributed by atoms with Gasteiger partial charge in [-0.25, -0.2) is 9.59 Å². The summed E-state index contributed by atoms with van der Waals surface area (Å²) in [5, 5.41) is 25.6. The first-order valence-electron chi connectivity index (χ1n) is 20.1. The summed E-state index contributed by atoms with van der Waals surface area (Å²) < 4.78 is 43.7. The lowest BCUT2D eigenvalue weighted by atomic mass is 9.87. The summed E-state index contributed by atoms with van der Waals surface area (Å²) in [6.45, 7) is 12.7. The van der Waals surface area contributed by atoms with Crippen molar-refractivity contribution in [2.45, 2.75) is 135 Å². The van der Waals surface area contributed by atoms with E-state index in [1.807, 2.05) is 63.1 Å². The number of carbonyl (C=O) groups is 6. The van der Waals surface area contributed by atoms with Crippen LogP contribution in [-0.4, -0.2) is 138 Å². The molecule has 0 aliphatic carbocycles. The average Bonchev–Trinajstić information content (AvgIpc) is 3.85. The van der Waals surface area contributed by atoms with Crippen LogP contribution in [0.3, 0.4) is 0 Å². The molecule has 59 heavy (non-hydrogen) atoms. The Morgan fingerprint density at radius 1 is 1.00 bits per heavy atom. The van der Waals surface area contributed by atoms with Crippen LogP contribution in [0.15, 0.2) is 30.3 Å². The maximum absolute atomic E-state index is 14.2. The van der Waals surface area contributed by atoms with Crippen molar-refractivity contribution < 1.29 is 61.6 Å². The number of nitrogens with zero attached hydrogens (tertiary/aromatic N) is 2. The predicted octanol–water partition coefficient (Wildman–Crippen LogP) is 3.64. The Morgan fingerprint density at radius 3 is 2.08 bits per heavy atom. The molecule has 2 saturated heterocycles. The number of amides is 4. The fraction of sp³-hybridized carbons (Fsp3) is 0.707. The Labute approximate surface area is 345 Å². The normalized spacial score (nSPS) is 21.7. The van der Waals surface area contributed by atoms with E-state index in [0.29, 0.717) is 19.4 Å². The van der Waals surface area contributed by atoms with Gasteiger partial charge in [-0.15, -0.1) is 0 Å². The van der Waals surface area contributed by atoms with Gasteiger partial charge in [-0.2, -0.15) is 13.2 Å². The van der Waals surface area contributed by atoms with Crippen LogP contribution in [0.4, 0.5) is 13.2 Å². The maximum atomic E-state index is 14.2. The molecule has 0 radical (unpaired) electrons. The van der Waals surface area contributed by atoms with Crippen molar-refractivity contribution in [3.8, 4) is 0 Å². The number of nitrogens with one attached hydrogen (secondary N) is 3. The van der Waals surface area contributed by atoms with Gasteiger partial charge in [-0.05, 0) is 63.6 Å². The molecule has 4 amide bonds. The number of alkyl halides is 3. The fourth-order valence-electron chi connectivity index (χ4n) is 8.10. The van der Waals surface area contributed by atoms with Crippen molar-refractivity contribution in [3.63, 3.8) is 0 Å². The smallest absolute Gasteiger partial charge is 0.480 e. The second-order valence-electron chi connectivity index (χ2n) is 16.1. The molecule has 9 atom stereocenters. The zero-order valence-corrected chi connectivity index (χ0v) is 35.6. The van der Waals surface area contributed by atoms with Gasteiger partial charge in [-0.3, -0.25) is 29.4 Å². The number of halogens is 3. The monoisotopic (exact) mass is 843 g/mol. The van der Waals surface area contributed by atoms with Crippen LogP contribution in [0, 0.1) is 17.8 Å². The third-order valence-corrected chi connectivity index (χ3v) is 11.5. The largest absolute Gasteiger partial charge is 0.490 e. The van der Waals surface area contributed by atoms with Gasteiger partial charge in [0.1, 0.15) is 6.04 Å². The van der Waals surface area contributed by atoms with E-state index in [9.17, 15) is 42.3 Å². The van der Waals surface area contributed by atoms with E-state index in [1.165, 1.54) is 7.11 Å². The van der Waals surface area contributed by atoms with Crippen molar-refractivity contribution in [3.05, 3.63) is 35.9 Å². The summed E-state index contributed by atoms with van der Waals surface area (Å²) in [5.74, 6) is -6.07. The summed E-state index contributed by atoms with van der Waals surface area (Å²) >= 11 is 0. The Kier molecular flexibility index (Phi) is 19.9. The number of carboxylic acid groups (broad SMARTS) is 2. The van der Waals surface area contributed by atoms with Crippen molar-refractivity contribution in [1.29, 1.82) is 0 Å². The molecule has 2 aliphatic heterocycles. The van der Waals surface area contributed by atoms with Gasteiger partial charge in [-0.1, -0.05) is 71.4 Å². The number of rotatable bonds is 19. The highest BCUT2D eigenvalue weighted by Gasteiger charge is 2.45. The van der Waals surface area contributed by atoms with Crippen LogP contribution in [0.25, 0.3) is 0 Å². The summed E-state index contributed by atoms with van der Waals surface area (Å²) in [5.41, 5.74) is -0.00449. The lowest BCUT2D eigenvalue weighted by molar-refractivity contribution is -0.192. The number of carboxylic acids is 2. The van der Waals surface area contributed by atoms with Crippen LogP contribution >= 0.6 is 0 Å². The highest BCUT2D eigenvalue weighted by molar-refractivity contribution is 6.02. The molecule has 334 valence electrons. The van der Waals surface area contributed by atoms with E-state index in [1.54, 1.807) is 18.9 Å². The van der Waals surface area contributed by atoms with Gasteiger partial charge < -0.3 is 35.2 Å². The number of benzene rings is 1. The molecule has 2 heterocycles. The van der Waals surface area contributed by atoms with E-state index in [-0.39, 0.29) is 48.4 Å². The quantitative estimate of drug-likeness (QED) is 0.136. The highest BCUT2D eigenvalue weighted by Crippen LogP contribution is 2.31. The van der Waals surface area contributed by atoms with Crippen molar-refractivity contribution in [2.75, 3.05) is 34.4 Å². The first-order valence-corrected chi connectivity index (χ1v) is 20.1. The van der Waals surface area contributed by atoms with E-state index < -0.39 is 65.8 Å². The molecule has 15 nitrogen and oxygen atoms in total. The molecular weight excluding hydrogens is 779 g/mol. The molecule has 0 aromatic heterocycles. The summed E-state index contributed by atoms with van der Waals surface area (Å²) in [6, 6.07) is 6.59. The number of carbonyl (C=O) groups excluding carboxylic acids is 4. The molecule has 0 spiro atoms. The Morgan fingerprint density at radius 2 is 1.61 bits per heavy atom. The number of likely N-dealkylation sites (N-methyl/N-ethyl adjacent to an activating group) is 1. The van der Waals surface area contributed by atoms with Crippen molar-refractivity contribution in [2.24, 2.45) is 17.8 Å². The Bertz CT molecular complexity index is 1560. The molecular formula is C41H64F3N5O10. The molecule has 2 fully saturated rings. The van der Waals surface area contributed by atoms with Crippen molar-refractivity contribution in [1.82, 2.24) is 25.8 Å². The zero-order valence-electron chi connectivity index (χ0n) is 35.6. The number of imide groups is 1. The Hall–Kier alpha value is -4.13. The summed E-state index contributed by atoms with van der Waals surface area (Å²) in [6.07, 6.45) is -2.54. The number of hydrogen-bond acceptors (Lipinski definition) is 10. The second-order valence-corrected chi connectivity index (χ2v) is 16.1. The van der Waals surface area contributed by atoms with Gasteiger partial charge in [0.05, 0.1) is 42.2 Å². The number of likely N-dealkylation sites (tertiary alicyclic amines) is 1. The SMILES string of the molecule is CC[C@H](C)[C@@H]([C@@H](CC(=O)N1CCC[C@H]1[C@H](OC)[C@@H](C)C(=O)N[C@@H](Cc1ccccc1)C(=O)O)OC)N(C)[C@H](C(=O)NC(=O)[C@]1(C)CCCN1)C(C)C.O=C(O)C(F)(F)F. The van der Waals surface area contributed by atoms with Crippen LogP contribution < -0.4 is 16.0 Å². The average molecular weight is 844 g/mol. The molecule has 3 rings (SSSR count). The minimum absolute atomic E-state index is 0.0319. The molecule has 0 saturated carbocycles. The fourth-order valence-corrected chi connectivity index (χ4v) is 8.10. The maximum Gasteiger partial charge on any atom is 0.490 e. The van der Waals surface area contributed by atoms with E-state index in [4.69, 9.17) is 19.4 Å². The molecule has 5 N–H and O–H groups in total. The lowest BCUT2D eigenvalue weighted by Crippen LogP contribution is -2.61. The Balaban J connectivity index is 0.00000157. The van der Waals surface area contributed by atoms with Gasteiger partial charge in [0, 0.05) is 33.2 Å².